The van der Waals surface area contributed by atoms with E-state index in [4.69, 9.17) is 9.47 Å². The van der Waals surface area contributed by atoms with Crippen LogP contribution >= 0.6 is 0 Å². The molecule has 0 spiro atoms. The van der Waals surface area contributed by atoms with E-state index in [1.807, 2.05) is 61.5 Å². The highest BCUT2D eigenvalue weighted by Gasteiger charge is 2.13. The fourth-order valence-electron chi connectivity index (χ4n) is 3.67. The van der Waals surface area contributed by atoms with Crippen LogP contribution in [0.5, 0.6) is 11.5 Å². The molecule has 0 fully saturated rings. The van der Waals surface area contributed by atoms with Gasteiger partial charge >= 0.3 is 0 Å². The number of hydrogen-bond acceptors (Lipinski definition) is 6. The van der Waals surface area contributed by atoms with Crippen molar-refractivity contribution in [1.29, 1.82) is 0 Å². The highest BCUT2D eigenvalue weighted by molar-refractivity contribution is 5.96. The molecule has 0 atom stereocenters. The van der Waals surface area contributed by atoms with Gasteiger partial charge in [0.1, 0.15) is 6.33 Å². The van der Waals surface area contributed by atoms with Crippen LogP contribution < -0.4 is 14.8 Å². The first-order chi connectivity index (χ1) is 16.1. The van der Waals surface area contributed by atoms with Crippen LogP contribution in [0, 0.1) is 6.92 Å². The van der Waals surface area contributed by atoms with Crippen LogP contribution in [0.15, 0.2) is 67.0 Å². The van der Waals surface area contributed by atoms with Crippen molar-refractivity contribution < 1.29 is 14.3 Å². The lowest BCUT2D eigenvalue weighted by Gasteiger charge is -2.12. The molecule has 1 heterocycles. The molecule has 4 aromatic rings. The van der Waals surface area contributed by atoms with Gasteiger partial charge in [0.05, 0.1) is 19.9 Å². The summed E-state index contributed by atoms with van der Waals surface area (Å²) in [7, 11) is 3.21. The largest absolute Gasteiger partial charge is 0.493 e. The van der Waals surface area contributed by atoms with E-state index in [0.717, 1.165) is 22.3 Å². The second-order valence-electron chi connectivity index (χ2n) is 7.53. The molecule has 168 valence electrons. The number of carbonyl (C=O) groups excluding carboxylic acids is 1. The number of aromatic nitrogens is 4. The van der Waals surface area contributed by atoms with Crippen molar-refractivity contribution in [2.45, 2.75) is 13.3 Å². The van der Waals surface area contributed by atoms with Gasteiger partial charge in [-0.3, -0.25) is 4.79 Å². The normalized spacial score (nSPS) is 10.6. The van der Waals surface area contributed by atoms with E-state index in [0.29, 0.717) is 35.7 Å². The molecule has 0 unspecified atom stereocenters. The second kappa shape index (κ2) is 9.95. The monoisotopic (exact) mass is 443 g/mol. The summed E-state index contributed by atoms with van der Waals surface area (Å²) in [5, 5.41) is 14.4. The summed E-state index contributed by atoms with van der Waals surface area (Å²) in [6.45, 7) is 2.52. The van der Waals surface area contributed by atoms with Gasteiger partial charge in [-0.25, -0.2) is 4.68 Å². The Morgan fingerprint density at radius 3 is 2.55 bits per heavy atom. The molecular weight excluding hydrogens is 418 g/mol. The zero-order valence-electron chi connectivity index (χ0n) is 18.8. The Hall–Kier alpha value is -4.20. The van der Waals surface area contributed by atoms with Crippen molar-refractivity contribution in [1.82, 2.24) is 25.5 Å². The summed E-state index contributed by atoms with van der Waals surface area (Å²) in [5.74, 6) is 1.17. The van der Waals surface area contributed by atoms with Gasteiger partial charge in [-0.1, -0.05) is 30.3 Å². The smallest absolute Gasteiger partial charge is 0.251 e. The molecule has 0 radical (unpaired) electrons. The average Bonchev–Trinajstić information content (AvgIpc) is 3.39. The van der Waals surface area contributed by atoms with E-state index < -0.39 is 0 Å². The van der Waals surface area contributed by atoms with Gasteiger partial charge in [0.25, 0.3) is 5.91 Å². The van der Waals surface area contributed by atoms with Gasteiger partial charge in [0.15, 0.2) is 11.5 Å². The third kappa shape index (κ3) is 5.01. The zero-order valence-corrected chi connectivity index (χ0v) is 18.8. The van der Waals surface area contributed by atoms with E-state index in [-0.39, 0.29) is 5.91 Å². The first kappa shape index (κ1) is 22.0. The molecule has 0 aliphatic carbocycles. The Morgan fingerprint density at radius 1 is 1.00 bits per heavy atom. The topological polar surface area (TPSA) is 91.2 Å². The summed E-state index contributed by atoms with van der Waals surface area (Å²) in [5.41, 5.74) is 5.37. The van der Waals surface area contributed by atoms with Gasteiger partial charge in [-0.2, -0.15) is 0 Å². The van der Waals surface area contributed by atoms with E-state index in [1.54, 1.807) is 25.0 Å². The number of methoxy groups -OCH3 is 2. The van der Waals surface area contributed by atoms with Crippen LogP contribution in [-0.2, 0) is 6.42 Å². The van der Waals surface area contributed by atoms with Crippen LogP contribution in [0.1, 0.15) is 21.5 Å². The minimum atomic E-state index is -0.166. The number of nitrogens with zero attached hydrogens (tertiary/aromatic N) is 4. The highest BCUT2D eigenvalue weighted by atomic mass is 16.5. The standard InChI is InChI=1S/C25H25N5O3/c1-17-6-4-5-7-22(17)19-13-20(15-21(14-19)30-16-27-28-29-30)25(31)26-11-10-18-8-9-23(32-2)24(12-18)33-3/h4-9,12-16H,10-11H2,1-3H3,(H,26,31). The Morgan fingerprint density at radius 2 is 1.82 bits per heavy atom. The fourth-order valence-corrected chi connectivity index (χ4v) is 3.67. The number of ether oxygens (including phenoxy) is 2. The van der Waals surface area contributed by atoms with Crippen molar-refractivity contribution in [2.24, 2.45) is 0 Å². The fraction of sp³-hybridized carbons (Fsp3) is 0.200. The molecule has 0 saturated carbocycles. The Labute approximate surface area is 192 Å². The number of benzene rings is 3. The minimum absolute atomic E-state index is 0.166. The summed E-state index contributed by atoms with van der Waals surface area (Å²) in [4.78, 5) is 13.0. The number of aryl methyl sites for hydroxylation is 1. The maximum atomic E-state index is 13.0. The average molecular weight is 444 g/mol. The lowest BCUT2D eigenvalue weighted by atomic mass is 9.98. The minimum Gasteiger partial charge on any atom is -0.493 e. The molecule has 0 saturated heterocycles. The predicted octanol–water partition coefficient (Wildman–Crippen LogP) is 3.63. The molecule has 1 aromatic heterocycles. The summed E-state index contributed by atoms with van der Waals surface area (Å²) in [6.07, 6.45) is 2.17. The molecule has 8 heteroatoms. The van der Waals surface area contributed by atoms with Crippen LogP contribution in [0.25, 0.3) is 16.8 Å². The second-order valence-corrected chi connectivity index (χ2v) is 7.53. The SMILES string of the molecule is COc1ccc(CCNC(=O)c2cc(-c3ccccc3C)cc(-n3cnnn3)c2)cc1OC. The molecule has 0 aliphatic rings. The number of hydrogen-bond donors (Lipinski definition) is 1. The summed E-state index contributed by atoms with van der Waals surface area (Å²) < 4.78 is 12.2. The predicted molar refractivity (Wildman–Crippen MR) is 125 cm³/mol. The summed E-state index contributed by atoms with van der Waals surface area (Å²) in [6, 6.07) is 19.4. The van der Waals surface area contributed by atoms with Crippen molar-refractivity contribution in [3.8, 4) is 28.3 Å². The van der Waals surface area contributed by atoms with Gasteiger partial charge in [-0.05, 0) is 76.4 Å². The Kier molecular flexibility index (Phi) is 6.64. The number of amides is 1. The van der Waals surface area contributed by atoms with Crippen LogP contribution in [0.4, 0.5) is 0 Å². The lowest BCUT2D eigenvalue weighted by Crippen LogP contribution is -2.26. The molecule has 0 bridgehead atoms. The van der Waals surface area contributed by atoms with Crippen molar-refractivity contribution in [3.05, 3.63) is 83.7 Å². The third-order valence-electron chi connectivity index (χ3n) is 5.40. The third-order valence-corrected chi connectivity index (χ3v) is 5.40. The van der Waals surface area contributed by atoms with Gasteiger partial charge < -0.3 is 14.8 Å². The van der Waals surface area contributed by atoms with Crippen LogP contribution in [0.3, 0.4) is 0 Å². The lowest BCUT2D eigenvalue weighted by molar-refractivity contribution is 0.0954. The molecular formula is C25H25N5O3. The molecule has 1 amide bonds. The summed E-state index contributed by atoms with van der Waals surface area (Å²) >= 11 is 0. The maximum absolute atomic E-state index is 13.0. The molecule has 4 rings (SSSR count). The highest BCUT2D eigenvalue weighted by Crippen LogP contribution is 2.28. The van der Waals surface area contributed by atoms with Gasteiger partial charge in [0.2, 0.25) is 0 Å². The quantitative estimate of drug-likeness (QED) is 0.447. The van der Waals surface area contributed by atoms with Crippen LogP contribution in [0.2, 0.25) is 0 Å². The van der Waals surface area contributed by atoms with Crippen molar-refractivity contribution in [2.75, 3.05) is 20.8 Å². The van der Waals surface area contributed by atoms with E-state index >= 15 is 0 Å². The van der Waals surface area contributed by atoms with Gasteiger partial charge in [-0.15, -0.1) is 5.10 Å². The number of nitrogens with one attached hydrogen (secondary N) is 1. The molecule has 8 nitrogen and oxygen atoms in total. The van der Waals surface area contributed by atoms with E-state index in [1.165, 1.54) is 6.33 Å². The Balaban J connectivity index is 1.55. The van der Waals surface area contributed by atoms with Gasteiger partial charge in [0, 0.05) is 12.1 Å². The van der Waals surface area contributed by atoms with E-state index in [2.05, 4.69) is 20.8 Å². The number of carbonyl (C=O) groups is 1. The molecule has 33 heavy (non-hydrogen) atoms. The molecule has 0 aliphatic heterocycles. The number of rotatable bonds is 8. The number of tetrazole rings is 1. The van der Waals surface area contributed by atoms with Crippen molar-refractivity contribution in [3.63, 3.8) is 0 Å². The molecule has 3 aromatic carbocycles. The van der Waals surface area contributed by atoms with Crippen LogP contribution in [-0.4, -0.2) is 46.9 Å². The van der Waals surface area contributed by atoms with E-state index in [9.17, 15) is 4.79 Å². The molecule has 1 N–H and O–H groups in total. The maximum Gasteiger partial charge on any atom is 0.251 e. The van der Waals surface area contributed by atoms with Crippen molar-refractivity contribution >= 4 is 5.91 Å². The first-order valence-electron chi connectivity index (χ1n) is 10.5. The first-order valence-corrected chi connectivity index (χ1v) is 10.5. The Bertz CT molecular complexity index is 1250. The zero-order chi connectivity index (χ0) is 23.2.